The molecule has 0 aromatic carbocycles. The molecule has 2 N–H and O–H groups in total. The summed E-state index contributed by atoms with van der Waals surface area (Å²) in [5.41, 5.74) is 5.03. The van der Waals surface area contributed by atoms with Gasteiger partial charge in [-0.1, -0.05) is 12.2 Å². The summed E-state index contributed by atoms with van der Waals surface area (Å²) in [5.74, 6) is 0. The van der Waals surface area contributed by atoms with Crippen molar-refractivity contribution >= 4 is 6.34 Å². The van der Waals surface area contributed by atoms with Crippen LogP contribution in [0.2, 0.25) is 0 Å². The van der Waals surface area contributed by atoms with Crippen LogP contribution in [0.25, 0.3) is 0 Å². The quantitative estimate of drug-likeness (QED) is 0.322. The number of nitrogens with two attached hydrogens (primary N) is 1. The summed E-state index contributed by atoms with van der Waals surface area (Å²) in [4.78, 5) is 3.88. The lowest BCUT2D eigenvalue weighted by molar-refractivity contribution is 0.928. The Balaban J connectivity index is 3.47. The molecular formula is C6H12N2. The molecular weight excluding hydrogens is 100 g/mol. The largest absolute Gasteiger partial charge is 0.390 e. The van der Waals surface area contributed by atoms with Gasteiger partial charge in [-0.3, -0.25) is 4.99 Å². The van der Waals surface area contributed by atoms with Crippen LogP contribution in [0.15, 0.2) is 17.1 Å². The van der Waals surface area contributed by atoms with Crippen molar-refractivity contribution in [1.29, 1.82) is 0 Å². The highest BCUT2D eigenvalue weighted by atomic mass is 14.8. The van der Waals surface area contributed by atoms with Gasteiger partial charge in [0.15, 0.2) is 0 Å². The van der Waals surface area contributed by atoms with E-state index in [1.807, 2.05) is 26.0 Å². The highest BCUT2D eigenvalue weighted by Gasteiger charge is 1.84. The SMILES string of the molecule is C/C=C\[C@H](C)/N=C\N. The van der Waals surface area contributed by atoms with E-state index in [2.05, 4.69) is 4.99 Å². The van der Waals surface area contributed by atoms with Crippen LogP contribution in [0, 0.1) is 0 Å². The molecule has 8 heavy (non-hydrogen) atoms. The van der Waals surface area contributed by atoms with Gasteiger partial charge in [0.2, 0.25) is 0 Å². The predicted octanol–water partition coefficient (Wildman–Crippen LogP) is 0.938. The first kappa shape index (κ1) is 7.21. The molecule has 0 aliphatic heterocycles. The van der Waals surface area contributed by atoms with Gasteiger partial charge in [-0.2, -0.15) is 0 Å². The standard InChI is InChI=1S/C6H12N2/c1-3-4-6(2)8-5-7/h3-6H,1-2H3,(H2,7,8)/b4-3-/t6-/m0/s1. The van der Waals surface area contributed by atoms with Gasteiger partial charge >= 0.3 is 0 Å². The van der Waals surface area contributed by atoms with Crippen LogP contribution < -0.4 is 5.73 Å². The average molecular weight is 112 g/mol. The normalized spacial score (nSPS) is 15.8. The van der Waals surface area contributed by atoms with E-state index < -0.39 is 0 Å². The van der Waals surface area contributed by atoms with E-state index in [9.17, 15) is 0 Å². The molecule has 0 fully saturated rings. The lowest BCUT2D eigenvalue weighted by Crippen LogP contribution is -1.96. The third kappa shape index (κ3) is 3.40. The zero-order valence-corrected chi connectivity index (χ0v) is 5.33. The highest BCUT2D eigenvalue weighted by Crippen LogP contribution is 1.87. The summed E-state index contributed by atoms with van der Waals surface area (Å²) < 4.78 is 0. The van der Waals surface area contributed by atoms with Gasteiger partial charge in [0.25, 0.3) is 0 Å². The van der Waals surface area contributed by atoms with Gasteiger partial charge in [-0.25, -0.2) is 0 Å². The Morgan fingerprint density at radius 3 is 2.62 bits per heavy atom. The van der Waals surface area contributed by atoms with Crippen LogP contribution in [0.3, 0.4) is 0 Å². The van der Waals surface area contributed by atoms with E-state index in [-0.39, 0.29) is 6.04 Å². The molecule has 0 saturated heterocycles. The van der Waals surface area contributed by atoms with Crippen LogP contribution in [0.4, 0.5) is 0 Å². The molecule has 0 aromatic heterocycles. The van der Waals surface area contributed by atoms with Crippen molar-refractivity contribution in [2.24, 2.45) is 10.7 Å². The van der Waals surface area contributed by atoms with Crippen molar-refractivity contribution in [3.05, 3.63) is 12.2 Å². The fraction of sp³-hybridized carbons (Fsp3) is 0.500. The van der Waals surface area contributed by atoms with Gasteiger partial charge < -0.3 is 5.73 Å². The van der Waals surface area contributed by atoms with Crippen LogP contribution in [0.5, 0.6) is 0 Å². The molecule has 2 nitrogen and oxygen atoms in total. The third-order valence-corrected chi connectivity index (χ3v) is 0.792. The summed E-state index contributed by atoms with van der Waals surface area (Å²) in [6, 6.07) is 0.227. The molecule has 0 amide bonds. The Hall–Kier alpha value is -0.790. The van der Waals surface area contributed by atoms with E-state index >= 15 is 0 Å². The minimum absolute atomic E-state index is 0.227. The smallest absolute Gasteiger partial charge is 0.0804 e. The monoisotopic (exact) mass is 112 g/mol. The van der Waals surface area contributed by atoms with Crippen LogP contribution >= 0.6 is 0 Å². The van der Waals surface area contributed by atoms with Crippen molar-refractivity contribution in [3.63, 3.8) is 0 Å². The first-order valence-electron chi connectivity index (χ1n) is 2.67. The number of nitrogens with zero attached hydrogens (tertiary/aromatic N) is 1. The maximum absolute atomic E-state index is 5.03. The second kappa shape index (κ2) is 4.37. The maximum atomic E-state index is 5.03. The van der Waals surface area contributed by atoms with Gasteiger partial charge in [-0.05, 0) is 13.8 Å². The Morgan fingerprint density at radius 1 is 1.62 bits per heavy atom. The number of allylic oxidation sites excluding steroid dienone is 1. The summed E-state index contributed by atoms with van der Waals surface area (Å²) >= 11 is 0. The lowest BCUT2D eigenvalue weighted by atomic mass is 10.3. The molecule has 1 atom stereocenters. The second-order valence-corrected chi connectivity index (χ2v) is 1.56. The molecule has 0 radical (unpaired) electrons. The molecule has 0 spiro atoms. The Bertz CT molecular complexity index is 82.7. The molecule has 0 unspecified atom stereocenters. The Labute approximate surface area is 50.1 Å². The van der Waals surface area contributed by atoms with Crippen LogP contribution in [0.1, 0.15) is 13.8 Å². The van der Waals surface area contributed by atoms with E-state index in [1.54, 1.807) is 0 Å². The van der Waals surface area contributed by atoms with E-state index in [0.717, 1.165) is 0 Å². The van der Waals surface area contributed by atoms with Gasteiger partial charge in [0.05, 0.1) is 12.4 Å². The molecule has 46 valence electrons. The fourth-order valence-corrected chi connectivity index (χ4v) is 0.464. The highest BCUT2D eigenvalue weighted by molar-refractivity contribution is 5.51. The van der Waals surface area contributed by atoms with Gasteiger partial charge in [0, 0.05) is 0 Å². The maximum Gasteiger partial charge on any atom is 0.0804 e. The van der Waals surface area contributed by atoms with Crippen LogP contribution in [-0.2, 0) is 0 Å². The van der Waals surface area contributed by atoms with E-state index in [1.165, 1.54) is 6.34 Å². The van der Waals surface area contributed by atoms with Crippen LogP contribution in [-0.4, -0.2) is 12.4 Å². The third-order valence-electron chi connectivity index (χ3n) is 0.792. The number of aliphatic imine (C=N–C) groups is 1. The molecule has 0 aliphatic rings. The lowest BCUT2D eigenvalue weighted by Gasteiger charge is -1.92. The van der Waals surface area contributed by atoms with Gasteiger partial charge in [0.1, 0.15) is 0 Å². The zero-order chi connectivity index (χ0) is 6.41. The molecule has 0 aromatic rings. The molecule has 0 rings (SSSR count). The Morgan fingerprint density at radius 2 is 2.25 bits per heavy atom. The molecule has 2 heteroatoms. The molecule has 0 aliphatic carbocycles. The van der Waals surface area contributed by atoms with Crippen molar-refractivity contribution in [2.75, 3.05) is 0 Å². The van der Waals surface area contributed by atoms with Crippen molar-refractivity contribution in [3.8, 4) is 0 Å². The summed E-state index contributed by atoms with van der Waals surface area (Å²) in [6.07, 6.45) is 5.26. The number of rotatable bonds is 2. The Kier molecular flexibility index (Phi) is 3.94. The van der Waals surface area contributed by atoms with E-state index in [0.29, 0.717) is 0 Å². The second-order valence-electron chi connectivity index (χ2n) is 1.56. The molecule has 0 heterocycles. The molecule has 0 saturated carbocycles. The first-order chi connectivity index (χ1) is 3.81. The number of hydrogen-bond acceptors (Lipinski definition) is 1. The minimum Gasteiger partial charge on any atom is -0.390 e. The predicted molar refractivity (Wildman–Crippen MR) is 37.0 cm³/mol. The zero-order valence-electron chi connectivity index (χ0n) is 5.33. The summed E-state index contributed by atoms with van der Waals surface area (Å²) in [5, 5.41) is 0. The average Bonchev–Trinajstić information content (AvgIpc) is 1.68. The topological polar surface area (TPSA) is 38.4 Å². The van der Waals surface area contributed by atoms with Crippen molar-refractivity contribution in [2.45, 2.75) is 19.9 Å². The molecule has 0 bridgehead atoms. The fourth-order valence-electron chi connectivity index (χ4n) is 0.464. The van der Waals surface area contributed by atoms with Crippen molar-refractivity contribution < 1.29 is 0 Å². The summed E-state index contributed by atoms with van der Waals surface area (Å²) in [6.45, 7) is 3.94. The van der Waals surface area contributed by atoms with Gasteiger partial charge in [-0.15, -0.1) is 0 Å². The summed E-state index contributed by atoms with van der Waals surface area (Å²) in [7, 11) is 0. The van der Waals surface area contributed by atoms with E-state index in [4.69, 9.17) is 5.73 Å². The first-order valence-corrected chi connectivity index (χ1v) is 2.67. The van der Waals surface area contributed by atoms with Crippen molar-refractivity contribution in [1.82, 2.24) is 0 Å². The minimum atomic E-state index is 0.227. The number of hydrogen-bond donors (Lipinski definition) is 1.